The number of Topliss-reactive ketones (excluding diaryl/α,β-unsaturated/α-hetero) is 1. The van der Waals surface area contributed by atoms with Crippen LogP contribution in [0.2, 0.25) is 0 Å². The van der Waals surface area contributed by atoms with E-state index in [0.717, 1.165) is 22.2 Å². The van der Waals surface area contributed by atoms with Gasteiger partial charge in [-0.2, -0.15) is 11.8 Å². The highest BCUT2D eigenvalue weighted by atomic mass is 32.2. The fourth-order valence-corrected chi connectivity index (χ4v) is 3.84. The average Bonchev–Trinajstić information content (AvgIpc) is 2.98. The Labute approximate surface area is 150 Å². The molecule has 25 heavy (non-hydrogen) atoms. The van der Waals surface area contributed by atoms with Gasteiger partial charge in [0.05, 0.1) is 5.75 Å². The van der Waals surface area contributed by atoms with Crippen molar-refractivity contribution in [2.45, 2.75) is 26.3 Å². The van der Waals surface area contributed by atoms with Gasteiger partial charge in [0.2, 0.25) is 0 Å². The number of thioether (sulfide) groups is 1. The highest BCUT2D eigenvalue weighted by Crippen LogP contribution is 2.24. The molecule has 0 bridgehead atoms. The van der Waals surface area contributed by atoms with E-state index in [4.69, 9.17) is 0 Å². The van der Waals surface area contributed by atoms with Gasteiger partial charge in [-0.15, -0.1) is 0 Å². The van der Waals surface area contributed by atoms with E-state index < -0.39 is 5.54 Å². The van der Waals surface area contributed by atoms with Crippen molar-refractivity contribution in [2.24, 2.45) is 0 Å². The number of fused-ring (bicyclic) bond motifs is 1. The smallest absolute Gasteiger partial charge is 0.325 e. The molecular weight excluding hydrogens is 338 g/mol. The lowest BCUT2D eigenvalue weighted by Gasteiger charge is -2.15. The summed E-state index contributed by atoms with van der Waals surface area (Å²) in [5.41, 5.74) is 1.69. The molecule has 1 saturated heterocycles. The lowest BCUT2D eigenvalue weighted by Crippen LogP contribution is -2.40. The third-order valence-electron chi connectivity index (χ3n) is 4.31. The number of carbonyl (C=O) groups excluding carboxylic acids is 3. The number of nitrogens with one attached hydrogen (secondary N) is 2. The van der Waals surface area contributed by atoms with Crippen LogP contribution in [0.25, 0.3) is 10.9 Å². The number of amides is 3. The third-order valence-corrected chi connectivity index (χ3v) is 5.25. The summed E-state index contributed by atoms with van der Waals surface area (Å²) in [6.07, 6.45) is 0. The first kappa shape index (κ1) is 17.5. The maximum atomic E-state index is 12.6. The molecule has 2 heterocycles. The zero-order valence-electron chi connectivity index (χ0n) is 14.5. The molecule has 3 amide bonds. The molecule has 1 aromatic heterocycles. The Hall–Kier alpha value is -2.28. The summed E-state index contributed by atoms with van der Waals surface area (Å²) in [6, 6.07) is 7.37. The maximum absolute atomic E-state index is 12.6. The number of ketones is 1. The largest absolute Gasteiger partial charge is 0.358 e. The van der Waals surface area contributed by atoms with Crippen LogP contribution < -0.4 is 5.32 Å². The molecule has 0 unspecified atom stereocenters. The molecule has 2 aromatic rings. The first-order valence-corrected chi connectivity index (χ1v) is 9.29. The molecule has 0 saturated carbocycles. The Bertz CT molecular complexity index is 856. The number of H-pyrrole nitrogens is 1. The fourth-order valence-electron chi connectivity index (χ4n) is 3.05. The van der Waals surface area contributed by atoms with Gasteiger partial charge in [0.15, 0.2) is 5.78 Å². The number of hydrogen-bond acceptors (Lipinski definition) is 4. The second-order valence-corrected chi connectivity index (χ2v) is 7.76. The van der Waals surface area contributed by atoms with E-state index in [2.05, 4.69) is 10.3 Å². The SMILES string of the molecule is Cc1[nH]c2ccccc2c1C(=O)CSCCN1C(=O)NC(C)(C)C1=O. The topological polar surface area (TPSA) is 82.3 Å². The summed E-state index contributed by atoms with van der Waals surface area (Å²) in [5, 5.41) is 3.58. The van der Waals surface area contributed by atoms with Crippen LogP contribution in [0.4, 0.5) is 4.79 Å². The van der Waals surface area contributed by atoms with E-state index in [-0.39, 0.29) is 17.7 Å². The van der Waals surface area contributed by atoms with E-state index in [1.807, 2.05) is 31.2 Å². The normalized spacial score (nSPS) is 16.5. The number of hydrogen-bond donors (Lipinski definition) is 2. The van der Waals surface area contributed by atoms with Gasteiger partial charge < -0.3 is 10.3 Å². The van der Waals surface area contributed by atoms with Gasteiger partial charge in [0.25, 0.3) is 5.91 Å². The van der Waals surface area contributed by atoms with Crippen LogP contribution in [0.5, 0.6) is 0 Å². The van der Waals surface area contributed by atoms with Crippen LogP contribution in [-0.4, -0.2) is 51.2 Å². The summed E-state index contributed by atoms with van der Waals surface area (Å²) in [5.74, 6) is 0.673. The number of urea groups is 1. The van der Waals surface area contributed by atoms with E-state index in [1.165, 1.54) is 16.7 Å². The van der Waals surface area contributed by atoms with Crippen molar-refractivity contribution in [3.63, 3.8) is 0 Å². The van der Waals surface area contributed by atoms with Gasteiger partial charge in [-0.1, -0.05) is 18.2 Å². The molecule has 0 spiro atoms. The molecule has 6 nitrogen and oxygen atoms in total. The van der Waals surface area contributed by atoms with Gasteiger partial charge in [-0.25, -0.2) is 4.79 Å². The molecule has 2 N–H and O–H groups in total. The second-order valence-electron chi connectivity index (χ2n) is 6.66. The number of aromatic amines is 1. The van der Waals surface area contributed by atoms with Crippen molar-refractivity contribution in [1.82, 2.24) is 15.2 Å². The molecule has 7 heteroatoms. The van der Waals surface area contributed by atoms with Crippen LogP contribution >= 0.6 is 11.8 Å². The second kappa shape index (κ2) is 6.55. The zero-order chi connectivity index (χ0) is 18.2. The molecule has 1 aromatic carbocycles. The van der Waals surface area contributed by atoms with Gasteiger partial charge in [-0.05, 0) is 26.8 Å². The van der Waals surface area contributed by atoms with Crippen molar-refractivity contribution in [2.75, 3.05) is 18.1 Å². The number of imide groups is 1. The summed E-state index contributed by atoms with van der Waals surface area (Å²) in [7, 11) is 0. The van der Waals surface area contributed by atoms with Crippen molar-refractivity contribution in [3.8, 4) is 0 Å². The van der Waals surface area contributed by atoms with Gasteiger partial charge in [0, 0.05) is 34.5 Å². The monoisotopic (exact) mass is 359 g/mol. The lowest BCUT2D eigenvalue weighted by atomic mass is 10.1. The summed E-state index contributed by atoms with van der Waals surface area (Å²) >= 11 is 1.43. The molecule has 1 aliphatic heterocycles. The fraction of sp³-hybridized carbons (Fsp3) is 0.389. The number of aryl methyl sites for hydroxylation is 1. The molecule has 1 fully saturated rings. The van der Waals surface area contributed by atoms with Gasteiger partial charge in [0.1, 0.15) is 5.54 Å². The van der Waals surface area contributed by atoms with Crippen molar-refractivity contribution in [3.05, 3.63) is 35.5 Å². The molecule has 1 aliphatic rings. The molecule has 0 radical (unpaired) electrons. The Kier molecular flexibility index (Phi) is 4.60. The first-order valence-electron chi connectivity index (χ1n) is 8.13. The minimum absolute atomic E-state index is 0.0532. The molecule has 132 valence electrons. The highest BCUT2D eigenvalue weighted by molar-refractivity contribution is 8.00. The van der Waals surface area contributed by atoms with Gasteiger partial charge in [-0.3, -0.25) is 14.5 Å². The molecule has 0 aliphatic carbocycles. The number of nitrogens with zero attached hydrogens (tertiary/aromatic N) is 1. The summed E-state index contributed by atoms with van der Waals surface area (Å²) < 4.78 is 0. The van der Waals surface area contributed by atoms with E-state index in [1.54, 1.807) is 13.8 Å². The minimum Gasteiger partial charge on any atom is -0.358 e. The maximum Gasteiger partial charge on any atom is 0.325 e. The number of rotatable bonds is 6. The standard InChI is InChI=1S/C18H21N3O3S/c1-11-15(12-6-4-5-7-13(12)19-11)14(22)10-25-9-8-21-16(23)18(2,3)20-17(21)24/h4-7,19H,8-10H2,1-3H3,(H,20,24). The summed E-state index contributed by atoms with van der Waals surface area (Å²) in [4.78, 5) is 40.9. The Morgan fingerprint density at radius 3 is 2.64 bits per heavy atom. The quantitative estimate of drug-likeness (QED) is 0.472. The van der Waals surface area contributed by atoms with Gasteiger partial charge >= 0.3 is 6.03 Å². The van der Waals surface area contributed by atoms with Crippen molar-refractivity contribution >= 4 is 40.4 Å². The molecule has 0 atom stereocenters. The zero-order valence-corrected chi connectivity index (χ0v) is 15.3. The number of para-hydroxylation sites is 1. The number of benzene rings is 1. The van der Waals surface area contributed by atoms with Crippen LogP contribution in [-0.2, 0) is 4.79 Å². The minimum atomic E-state index is -0.848. The molecular formula is C18H21N3O3S. The number of aromatic nitrogens is 1. The van der Waals surface area contributed by atoms with E-state index >= 15 is 0 Å². The van der Waals surface area contributed by atoms with Crippen LogP contribution in [0.15, 0.2) is 24.3 Å². The highest BCUT2D eigenvalue weighted by Gasteiger charge is 2.43. The molecule has 3 rings (SSSR count). The average molecular weight is 359 g/mol. The van der Waals surface area contributed by atoms with Crippen LogP contribution in [0.3, 0.4) is 0 Å². The summed E-state index contributed by atoms with van der Waals surface area (Å²) in [6.45, 7) is 5.57. The lowest BCUT2D eigenvalue weighted by molar-refractivity contribution is -0.130. The van der Waals surface area contributed by atoms with Crippen LogP contribution in [0.1, 0.15) is 29.9 Å². The first-order chi connectivity index (χ1) is 11.8. The predicted molar refractivity (Wildman–Crippen MR) is 99.0 cm³/mol. The third kappa shape index (κ3) is 3.28. The van der Waals surface area contributed by atoms with E-state index in [9.17, 15) is 14.4 Å². The Morgan fingerprint density at radius 1 is 1.24 bits per heavy atom. The van der Waals surface area contributed by atoms with E-state index in [0.29, 0.717) is 18.1 Å². The Morgan fingerprint density at radius 2 is 1.96 bits per heavy atom. The van der Waals surface area contributed by atoms with Crippen molar-refractivity contribution in [1.29, 1.82) is 0 Å². The van der Waals surface area contributed by atoms with Crippen molar-refractivity contribution < 1.29 is 14.4 Å². The Balaban J connectivity index is 1.57. The van der Waals surface area contributed by atoms with Crippen LogP contribution in [0, 0.1) is 6.92 Å². The number of carbonyl (C=O) groups is 3. The predicted octanol–water partition coefficient (Wildman–Crippen LogP) is 2.72.